The molecule has 1 aliphatic rings. The van der Waals surface area contributed by atoms with Crippen LogP contribution in [0.3, 0.4) is 0 Å². The maximum Gasteiger partial charge on any atom is 0.303 e. The van der Waals surface area contributed by atoms with E-state index in [0.29, 0.717) is 6.42 Å². The molecule has 0 aromatic carbocycles. The standard InChI is InChI=1S/C10H13NO3S2/c12-9(13)2-1-7-5-16-10(11-7)8-6-15-4-3-14-8/h5,8H,1-4,6H2,(H,12,13). The molecule has 2 heterocycles. The van der Waals surface area contributed by atoms with Gasteiger partial charge < -0.3 is 9.84 Å². The highest BCUT2D eigenvalue weighted by Crippen LogP contribution is 2.28. The first-order valence-corrected chi connectivity index (χ1v) is 7.14. The number of thiazole rings is 1. The molecule has 1 unspecified atom stereocenters. The predicted octanol–water partition coefficient (Wildman–Crippen LogP) is 1.96. The number of carbonyl (C=O) groups is 1. The first kappa shape index (κ1) is 11.9. The SMILES string of the molecule is O=C(O)CCc1csc(C2CSCCO2)n1. The number of carboxylic acids is 1. The lowest BCUT2D eigenvalue weighted by molar-refractivity contribution is -0.136. The van der Waals surface area contributed by atoms with Crippen molar-refractivity contribution in [2.75, 3.05) is 18.1 Å². The van der Waals surface area contributed by atoms with Gasteiger partial charge in [-0.25, -0.2) is 4.98 Å². The molecule has 2 rings (SSSR count). The van der Waals surface area contributed by atoms with E-state index in [4.69, 9.17) is 9.84 Å². The molecule has 4 nitrogen and oxygen atoms in total. The smallest absolute Gasteiger partial charge is 0.303 e. The van der Waals surface area contributed by atoms with Crippen LogP contribution in [0.25, 0.3) is 0 Å². The van der Waals surface area contributed by atoms with Crippen LogP contribution >= 0.6 is 23.1 Å². The number of aliphatic carboxylic acids is 1. The van der Waals surface area contributed by atoms with E-state index in [9.17, 15) is 4.79 Å². The molecule has 1 N–H and O–H groups in total. The van der Waals surface area contributed by atoms with Gasteiger partial charge in [-0.05, 0) is 0 Å². The molecule has 1 aliphatic heterocycles. The van der Waals surface area contributed by atoms with Gasteiger partial charge in [-0.15, -0.1) is 11.3 Å². The number of hydrogen-bond acceptors (Lipinski definition) is 5. The molecule has 1 saturated heterocycles. The van der Waals surface area contributed by atoms with Crippen molar-refractivity contribution >= 4 is 29.1 Å². The summed E-state index contributed by atoms with van der Waals surface area (Å²) in [6.07, 6.45) is 0.747. The van der Waals surface area contributed by atoms with Crippen molar-refractivity contribution in [3.8, 4) is 0 Å². The summed E-state index contributed by atoms with van der Waals surface area (Å²) in [7, 11) is 0. The Morgan fingerprint density at radius 2 is 2.56 bits per heavy atom. The highest BCUT2D eigenvalue weighted by Gasteiger charge is 2.19. The molecule has 0 radical (unpaired) electrons. The number of hydrogen-bond donors (Lipinski definition) is 1. The van der Waals surface area contributed by atoms with Gasteiger partial charge in [-0.1, -0.05) is 0 Å². The van der Waals surface area contributed by atoms with E-state index in [-0.39, 0.29) is 12.5 Å². The molecule has 1 atom stereocenters. The number of carboxylic acid groups (broad SMARTS) is 1. The lowest BCUT2D eigenvalue weighted by atomic mass is 10.2. The summed E-state index contributed by atoms with van der Waals surface area (Å²) in [6, 6.07) is 0. The van der Waals surface area contributed by atoms with Crippen LogP contribution in [0, 0.1) is 0 Å². The fourth-order valence-corrected chi connectivity index (χ4v) is 3.31. The van der Waals surface area contributed by atoms with Crippen LogP contribution in [0.4, 0.5) is 0 Å². The second kappa shape index (κ2) is 5.65. The topological polar surface area (TPSA) is 59.4 Å². The minimum Gasteiger partial charge on any atom is -0.481 e. The monoisotopic (exact) mass is 259 g/mol. The minimum absolute atomic E-state index is 0.0994. The molecule has 0 amide bonds. The highest BCUT2D eigenvalue weighted by molar-refractivity contribution is 7.99. The Bertz CT molecular complexity index is 361. The van der Waals surface area contributed by atoms with Gasteiger partial charge in [0.1, 0.15) is 11.1 Å². The van der Waals surface area contributed by atoms with E-state index in [1.165, 1.54) is 0 Å². The average molecular weight is 259 g/mol. The van der Waals surface area contributed by atoms with Gasteiger partial charge in [0, 0.05) is 23.3 Å². The third-order valence-electron chi connectivity index (χ3n) is 2.26. The van der Waals surface area contributed by atoms with E-state index in [1.54, 1.807) is 11.3 Å². The molecule has 0 saturated carbocycles. The van der Waals surface area contributed by atoms with Gasteiger partial charge in [-0.3, -0.25) is 4.79 Å². The van der Waals surface area contributed by atoms with Crippen LogP contribution in [0.2, 0.25) is 0 Å². The van der Waals surface area contributed by atoms with Crippen molar-refractivity contribution in [2.45, 2.75) is 18.9 Å². The van der Waals surface area contributed by atoms with E-state index in [1.807, 2.05) is 17.1 Å². The van der Waals surface area contributed by atoms with Crippen LogP contribution in [0.5, 0.6) is 0 Å². The third-order valence-corrected chi connectivity index (χ3v) is 4.24. The van der Waals surface area contributed by atoms with Crippen molar-refractivity contribution in [1.29, 1.82) is 0 Å². The van der Waals surface area contributed by atoms with Gasteiger partial charge in [0.15, 0.2) is 0 Å². The zero-order chi connectivity index (χ0) is 11.4. The van der Waals surface area contributed by atoms with Crippen LogP contribution in [0.15, 0.2) is 5.38 Å². The van der Waals surface area contributed by atoms with E-state index >= 15 is 0 Å². The maximum absolute atomic E-state index is 10.4. The number of thioether (sulfide) groups is 1. The molecule has 1 fully saturated rings. The summed E-state index contributed by atoms with van der Waals surface area (Å²) in [5, 5.41) is 11.5. The zero-order valence-electron chi connectivity index (χ0n) is 8.72. The van der Waals surface area contributed by atoms with Gasteiger partial charge in [-0.2, -0.15) is 11.8 Å². The molecule has 6 heteroatoms. The van der Waals surface area contributed by atoms with Crippen molar-refractivity contribution in [3.05, 3.63) is 16.1 Å². The fourth-order valence-electron chi connectivity index (χ4n) is 1.45. The van der Waals surface area contributed by atoms with Gasteiger partial charge >= 0.3 is 5.97 Å². The predicted molar refractivity (Wildman–Crippen MR) is 64.1 cm³/mol. The molecular formula is C10H13NO3S2. The Morgan fingerprint density at radius 1 is 1.69 bits per heavy atom. The lowest BCUT2D eigenvalue weighted by Crippen LogP contribution is -2.15. The minimum atomic E-state index is -0.779. The third kappa shape index (κ3) is 3.20. The Morgan fingerprint density at radius 3 is 3.25 bits per heavy atom. The van der Waals surface area contributed by atoms with Gasteiger partial charge in [0.2, 0.25) is 0 Å². The molecule has 16 heavy (non-hydrogen) atoms. The van der Waals surface area contributed by atoms with Gasteiger partial charge in [0.05, 0.1) is 18.7 Å². The Hall–Kier alpha value is -0.590. The summed E-state index contributed by atoms with van der Waals surface area (Å²) < 4.78 is 5.61. The molecular weight excluding hydrogens is 246 g/mol. The van der Waals surface area contributed by atoms with E-state index < -0.39 is 5.97 Å². The lowest BCUT2D eigenvalue weighted by Gasteiger charge is -2.19. The second-order valence-electron chi connectivity index (χ2n) is 3.51. The number of nitrogens with zero attached hydrogens (tertiary/aromatic N) is 1. The Kier molecular flexibility index (Phi) is 4.20. The molecule has 88 valence electrons. The summed E-state index contributed by atoms with van der Waals surface area (Å²) in [5.74, 6) is 1.22. The molecule has 0 bridgehead atoms. The summed E-state index contributed by atoms with van der Waals surface area (Å²) in [5.41, 5.74) is 0.863. The normalized spacial score (nSPS) is 20.9. The van der Waals surface area contributed by atoms with Crippen LogP contribution < -0.4 is 0 Å². The molecule has 1 aromatic heterocycles. The summed E-state index contributed by atoms with van der Waals surface area (Å²) in [4.78, 5) is 14.9. The van der Waals surface area contributed by atoms with Crippen LogP contribution in [-0.2, 0) is 16.0 Å². The molecule has 0 spiro atoms. The summed E-state index contributed by atoms with van der Waals surface area (Å²) in [6.45, 7) is 0.777. The summed E-state index contributed by atoms with van der Waals surface area (Å²) >= 11 is 3.44. The van der Waals surface area contributed by atoms with Gasteiger partial charge in [0.25, 0.3) is 0 Å². The number of rotatable bonds is 4. The van der Waals surface area contributed by atoms with Crippen molar-refractivity contribution in [1.82, 2.24) is 4.98 Å². The van der Waals surface area contributed by atoms with Crippen LogP contribution in [0.1, 0.15) is 23.2 Å². The average Bonchev–Trinajstić information content (AvgIpc) is 2.76. The highest BCUT2D eigenvalue weighted by atomic mass is 32.2. The zero-order valence-corrected chi connectivity index (χ0v) is 10.4. The number of aromatic nitrogens is 1. The first-order valence-electron chi connectivity index (χ1n) is 5.11. The number of ether oxygens (including phenoxy) is 1. The van der Waals surface area contributed by atoms with E-state index in [0.717, 1.165) is 28.8 Å². The maximum atomic E-state index is 10.4. The van der Waals surface area contributed by atoms with Crippen LogP contribution in [-0.4, -0.2) is 34.2 Å². The quantitative estimate of drug-likeness (QED) is 0.895. The first-order chi connectivity index (χ1) is 7.75. The Balaban J connectivity index is 1.93. The van der Waals surface area contributed by atoms with Crippen molar-refractivity contribution in [3.63, 3.8) is 0 Å². The van der Waals surface area contributed by atoms with Crippen molar-refractivity contribution in [2.24, 2.45) is 0 Å². The van der Waals surface area contributed by atoms with Crippen molar-refractivity contribution < 1.29 is 14.6 Å². The Labute approximate surface area is 102 Å². The van der Waals surface area contributed by atoms with E-state index in [2.05, 4.69) is 4.98 Å². The molecule has 1 aromatic rings. The molecule has 0 aliphatic carbocycles. The second-order valence-corrected chi connectivity index (χ2v) is 5.54. The largest absolute Gasteiger partial charge is 0.481 e. The fraction of sp³-hybridized carbons (Fsp3) is 0.600. The number of aryl methyl sites for hydroxylation is 1.